The molecule has 0 N–H and O–H groups in total. The average Bonchev–Trinajstić information content (AvgIpc) is 3.42. The van der Waals surface area contributed by atoms with Gasteiger partial charge in [0.15, 0.2) is 6.61 Å². The maximum atomic E-state index is 13.2. The molecule has 0 saturated carbocycles. The van der Waals surface area contributed by atoms with Crippen molar-refractivity contribution in [3.05, 3.63) is 94.5 Å². The Morgan fingerprint density at radius 1 is 1.00 bits per heavy atom. The van der Waals surface area contributed by atoms with E-state index in [0.29, 0.717) is 35.2 Å². The van der Waals surface area contributed by atoms with Crippen molar-refractivity contribution in [3.8, 4) is 16.3 Å². The van der Waals surface area contributed by atoms with E-state index in [-0.39, 0.29) is 6.61 Å². The number of nitrogens with zero attached hydrogens (tertiary/aromatic N) is 3. The summed E-state index contributed by atoms with van der Waals surface area (Å²) in [5.74, 6) is 0.883. The lowest BCUT2D eigenvalue weighted by Crippen LogP contribution is -2.46. The molecular weight excluding hydrogens is 608 g/mol. The third-order valence-electron chi connectivity index (χ3n) is 7.27. The Morgan fingerprint density at radius 2 is 1.73 bits per heavy atom. The lowest BCUT2D eigenvalue weighted by atomic mass is 10.1. The molecule has 44 heavy (non-hydrogen) atoms. The number of thiazole rings is 1. The Morgan fingerprint density at radius 3 is 2.39 bits per heavy atom. The number of thioether (sulfide) groups is 1. The molecule has 4 aromatic rings. The number of esters is 1. The fraction of sp³-hybridized carbons (Fsp3) is 0.333. The number of carbonyl (C=O) groups excluding carboxylic acids is 1. The Bertz CT molecular complexity index is 1540. The molecule has 5 rings (SSSR count). The molecular formula is C33H34F3N3O3S2. The van der Waals surface area contributed by atoms with Gasteiger partial charge in [0.25, 0.3) is 0 Å². The summed E-state index contributed by atoms with van der Waals surface area (Å²) in [5, 5.41) is 0.714. The number of aromatic nitrogens is 1. The molecule has 6 nitrogen and oxygen atoms in total. The molecule has 0 spiro atoms. The zero-order valence-electron chi connectivity index (χ0n) is 24.6. The van der Waals surface area contributed by atoms with Crippen LogP contribution >= 0.6 is 23.1 Å². The summed E-state index contributed by atoms with van der Waals surface area (Å²) in [6, 6.07) is 21.4. The molecule has 3 aromatic carbocycles. The first-order chi connectivity index (χ1) is 21.2. The molecule has 11 heteroatoms. The maximum absolute atomic E-state index is 13.2. The third-order valence-corrected chi connectivity index (χ3v) is 9.62. The van der Waals surface area contributed by atoms with Crippen molar-refractivity contribution in [2.45, 2.75) is 37.2 Å². The van der Waals surface area contributed by atoms with E-state index in [0.717, 1.165) is 59.3 Å². The Labute approximate surface area is 263 Å². The van der Waals surface area contributed by atoms with E-state index >= 15 is 0 Å². The number of para-hydroxylation sites is 1. The first-order valence-corrected chi connectivity index (χ1v) is 16.2. The van der Waals surface area contributed by atoms with Gasteiger partial charge in [0, 0.05) is 59.5 Å². The first kappa shape index (κ1) is 31.9. The van der Waals surface area contributed by atoms with Crippen molar-refractivity contribution >= 4 is 34.8 Å². The summed E-state index contributed by atoms with van der Waals surface area (Å²) in [7, 11) is 0. The maximum Gasteiger partial charge on any atom is 0.416 e. The summed E-state index contributed by atoms with van der Waals surface area (Å²) < 4.78 is 50.0. The van der Waals surface area contributed by atoms with Gasteiger partial charge in [0.05, 0.1) is 17.9 Å². The molecule has 0 atom stereocenters. The van der Waals surface area contributed by atoms with Crippen LogP contribution in [0.4, 0.5) is 18.9 Å². The van der Waals surface area contributed by atoms with Gasteiger partial charge < -0.3 is 14.4 Å². The second-order valence-electron chi connectivity index (χ2n) is 10.4. The lowest BCUT2D eigenvalue weighted by Gasteiger charge is -2.36. The van der Waals surface area contributed by atoms with E-state index < -0.39 is 17.7 Å². The number of hydrogen-bond acceptors (Lipinski definition) is 8. The summed E-state index contributed by atoms with van der Waals surface area (Å²) >= 11 is 3.19. The molecule has 0 bridgehead atoms. The van der Waals surface area contributed by atoms with E-state index in [9.17, 15) is 18.0 Å². The van der Waals surface area contributed by atoms with Gasteiger partial charge in [-0.05, 0) is 61.9 Å². The summed E-state index contributed by atoms with van der Waals surface area (Å²) in [6.45, 7) is 8.13. The highest BCUT2D eigenvalue weighted by molar-refractivity contribution is 7.98. The van der Waals surface area contributed by atoms with E-state index in [4.69, 9.17) is 14.5 Å². The third kappa shape index (κ3) is 8.34. The molecule has 1 saturated heterocycles. The molecule has 232 valence electrons. The number of hydrogen-bond donors (Lipinski definition) is 0. The summed E-state index contributed by atoms with van der Waals surface area (Å²) in [6.07, 6.45) is -4.38. The van der Waals surface area contributed by atoms with Crippen LogP contribution < -0.4 is 9.64 Å². The van der Waals surface area contributed by atoms with Gasteiger partial charge in [-0.25, -0.2) is 9.78 Å². The van der Waals surface area contributed by atoms with Crippen molar-refractivity contribution in [3.63, 3.8) is 0 Å². The molecule has 0 amide bonds. The van der Waals surface area contributed by atoms with Crippen LogP contribution in [0.3, 0.4) is 0 Å². The highest BCUT2D eigenvalue weighted by Crippen LogP contribution is 2.36. The highest BCUT2D eigenvalue weighted by Gasteiger charge is 2.30. The van der Waals surface area contributed by atoms with Crippen molar-refractivity contribution in [1.82, 2.24) is 9.88 Å². The molecule has 0 unspecified atom stereocenters. The van der Waals surface area contributed by atoms with Crippen LogP contribution in [-0.4, -0.2) is 55.2 Å². The quantitative estimate of drug-likeness (QED) is 0.123. The Balaban J connectivity index is 1.30. The van der Waals surface area contributed by atoms with Gasteiger partial charge in [-0.15, -0.1) is 23.1 Å². The van der Waals surface area contributed by atoms with E-state index in [1.54, 1.807) is 18.7 Å². The normalized spacial score (nSPS) is 14.1. The van der Waals surface area contributed by atoms with Gasteiger partial charge in [0.1, 0.15) is 10.8 Å². The number of aryl methyl sites for hydroxylation is 1. The monoisotopic (exact) mass is 641 g/mol. The van der Waals surface area contributed by atoms with Crippen LogP contribution in [0, 0.1) is 6.92 Å². The van der Waals surface area contributed by atoms with Gasteiger partial charge >= 0.3 is 12.1 Å². The van der Waals surface area contributed by atoms with Crippen molar-refractivity contribution < 1.29 is 27.4 Å². The van der Waals surface area contributed by atoms with Crippen LogP contribution in [0.5, 0.6) is 5.75 Å². The number of carbonyl (C=O) groups is 1. The average molecular weight is 642 g/mol. The molecule has 1 aromatic heterocycles. The minimum Gasteiger partial charge on any atom is -0.482 e. The second-order valence-corrected chi connectivity index (χ2v) is 12.5. The van der Waals surface area contributed by atoms with Crippen molar-refractivity contribution in [2.24, 2.45) is 0 Å². The number of anilines is 1. The lowest BCUT2D eigenvalue weighted by molar-refractivity contribution is -0.145. The van der Waals surface area contributed by atoms with E-state index in [2.05, 4.69) is 34.1 Å². The van der Waals surface area contributed by atoms with Gasteiger partial charge in [-0.2, -0.15) is 13.2 Å². The molecule has 2 heterocycles. The smallest absolute Gasteiger partial charge is 0.416 e. The van der Waals surface area contributed by atoms with Crippen LogP contribution in [0.15, 0.2) is 77.7 Å². The predicted molar refractivity (Wildman–Crippen MR) is 169 cm³/mol. The van der Waals surface area contributed by atoms with Crippen molar-refractivity contribution in [2.75, 3.05) is 44.3 Å². The number of rotatable bonds is 11. The summed E-state index contributed by atoms with van der Waals surface area (Å²) in [5.41, 5.74) is 3.08. The van der Waals surface area contributed by atoms with Crippen LogP contribution in [0.25, 0.3) is 10.6 Å². The van der Waals surface area contributed by atoms with Gasteiger partial charge in [-0.1, -0.05) is 30.3 Å². The van der Waals surface area contributed by atoms with E-state index in [1.807, 2.05) is 31.2 Å². The Hall–Kier alpha value is -3.54. The SMILES string of the molecule is CCOC(=O)COc1ccc(SCc2sc(-c3ccc(C(F)(F)F)cc3)nc2CN2CCN(c3ccccc3)CC2)cc1C. The summed E-state index contributed by atoms with van der Waals surface area (Å²) in [4.78, 5) is 23.5. The van der Waals surface area contributed by atoms with Gasteiger partial charge in [0.2, 0.25) is 0 Å². The Kier molecular flexibility index (Phi) is 10.5. The molecule has 1 fully saturated rings. The zero-order valence-corrected chi connectivity index (χ0v) is 26.2. The standard InChI is InChI=1S/C33H34F3N3O3S2/c1-3-41-31(40)21-42-29-14-13-27(19-23(29)2)43-22-30-28(20-38-15-17-39(18-16-38)26-7-5-4-6-8-26)37-32(44-30)24-9-11-25(12-10-24)33(34,35)36/h4-14,19H,3,15-18,20-22H2,1-2H3. The van der Waals surface area contributed by atoms with Crippen LogP contribution in [0.2, 0.25) is 0 Å². The molecule has 0 aliphatic carbocycles. The number of halogens is 3. The topological polar surface area (TPSA) is 54.9 Å². The minimum atomic E-state index is -4.38. The van der Waals surface area contributed by atoms with Crippen LogP contribution in [0.1, 0.15) is 28.6 Å². The first-order valence-electron chi connectivity index (χ1n) is 14.4. The van der Waals surface area contributed by atoms with Crippen molar-refractivity contribution in [1.29, 1.82) is 0 Å². The fourth-order valence-electron chi connectivity index (χ4n) is 4.92. The predicted octanol–water partition coefficient (Wildman–Crippen LogP) is 7.69. The van der Waals surface area contributed by atoms with Gasteiger partial charge in [-0.3, -0.25) is 4.90 Å². The fourth-order valence-corrected chi connectivity index (χ4v) is 7.09. The molecule has 0 radical (unpaired) electrons. The number of ether oxygens (including phenoxy) is 2. The number of alkyl halides is 3. The highest BCUT2D eigenvalue weighted by atomic mass is 32.2. The minimum absolute atomic E-state index is 0.141. The molecule has 1 aliphatic rings. The second kappa shape index (κ2) is 14.5. The largest absolute Gasteiger partial charge is 0.482 e. The number of benzene rings is 3. The number of piperazine rings is 1. The molecule has 1 aliphatic heterocycles. The van der Waals surface area contributed by atoms with Crippen LogP contribution in [-0.2, 0) is 28.0 Å². The zero-order chi connectivity index (χ0) is 31.1. The van der Waals surface area contributed by atoms with E-state index in [1.165, 1.54) is 29.2 Å².